The fraction of sp³-hybridized carbons (Fsp3) is 0.438. The molecule has 0 aliphatic carbocycles. The number of benzene rings is 1. The van der Waals surface area contributed by atoms with Crippen molar-refractivity contribution >= 4 is 5.91 Å². The third-order valence-electron chi connectivity index (χ3n) is 4.17. The molecule has 2 atom stereocenters. The summed E-state index contributed by atoms with van der Waals surface area (Å²) in [6.07, 6.45) is 4.43. The molecule has 6 heteroatoms. The first-order valence-electron chi connectivity index (χ1n) is 7.60. The number of aromatic nitrogens is 2. The molecule has 1 fully saturated rings. The summed E-state index contributed by atoms with van der Waals surface area (Å²) in [5, 5.41) is 3.79. The Balaban J connectivity index is 1.79. The maximum atomic E-state index is 12.7. The topological polar surface area (TPSA) is 85.2 Å². The Hall–Kier alpha value is -2.21. The molecule has 22 heavy (non-hydrogen) atoms. The van der Waals surface area contributed by atoms with E-state index in [0.29, 0.717) is 11.4 Å². The zero-order valence-corrected chi connectivity index (χ0v) is 12.6. The highest BCUT2D eigenvalue weighted by atomic mass is 16.5. The van der Waals surface area contributed by atoms with Crippen LogP contribution < -0.4 is 5.73 Å². The number of piperidine rings is 1. The van der Waals surface area contributed by atoms with Crippen molar-refractivity contribution in [2.24, 2.45) is 5.73 Å². The van der Waals surface area contributed by atoms with Gasteiger partial charge >= 0.3 is 0 Å². The zero-order valence-electron chi connectivity index (χ0n) is 12.6. The Bertz CT molecular complexity index is 622. The van der Waals surface area contributed by atoms with E-state index in [1.54, 1.807) is 12.1 Å². The zero-order chi connectivity index (χ0) is 15.5. The third-order valence-corrected chi connectivity index (χ3v) is 4.17. The van der Waals surface area contributed by atoms with E-state index < -0.39 is 0 Å². The van der Waals surface area contributed by atoms with Crippen LogP contribution in [0.3, 0.4) is 0 Å². The van der Waals surface area contributed by atoms with Crippen LogP contribution in [0, 0.1) is 0 Å². The smallest absolute Gasteiger partial charge is 0.254 e. The van der Waals surface area contributed by atoms with Crippen molar-refractivity contribution in [1.29, 1.82) is 0 Å². The summed E-state index contributed by atoms with van der Waals surface area (Å²) < 4.78 is 4.73. The van der Waals surface area contributed by atoms with Crippen LogP contribution in [0.5, 0.6) is 0 Å². The van der Waals surface area contributed by atoms with E-state index in [4.69, 9.17) is 10.3 Å². The highest BCUT2D eigenvalue weighted by molar-refractivity contribution is 5.95. The largest absolute Gasteiger partial charge is 0.342 e. The highest BCUT2D eigenvalue weighted by Gasteiger charge is 2.29. The van der Waals surface area contributed by atoms with Crippen LogP contribution in [-0.2, 0) is 0 Å². The molecule has 1 aliphatic heterocycles. The average Bonchev–Trinajstić information content (AvgIpc) is 3.09. The molecule has 6 nitrogen and oxygen atoms in total. The van der Waals surface area contributed by atoms with E-state index in [1.165, 1.54) is 6.39 Å². The van der Waals surface area contributed by atoms with Gasteiger partial charge in [-0.3, -0.25) is 4.79 Å². The molecule has 0 radical (unpaired) electrons. The van der Waals surface area contributed by atoms with Gasteiger partial charge in [-0.2, -0.15) is 4.98 Å². The van der Waals surface area contributed by atoms with Crippen LogP contribution in [0.15, 0.2) is 35.2 Å². The second kappa shape index (κ2) is 6.27. The molecule has 2 heterocycles. The number of hydrogen-bond acceptors (Lipinski definition) is 5. The van der Waals surface area contributed by atoms with Gasteiger partial charge in [0.2, 0.25) is 12.2 Å². The van der Waals surface area contributed by atoms with Crippen LogP contribution in [0.1, 0.15) is 36.5 Å². The van der Waals surface area contributed by atoms with Crippen LogP contribution in [0.2, 0.25) is 0 Å². The number of carbonyl (C=O) groups is 1. The Kier molecular flexibility index (Phi) is 4.20. The van der Waals surface area contributed by atoms with Crippen molar-refractivity contribution in [3.05, 3.63) is 36.2 Å². The molecule has 1 saturated heterocycles. The van der Waals surface area contributed by atoms with Crippen molar-refractivity contribution in [2.75, 3.05) is 6.54 Å². The van der Waals surface area contributed by atoms with Crippen molar-refractivity contribution in [3.8, 4) is 11.4 Å². The van der Waals surface area contributed by atoms with Gasteiger partial charge in [-0.15, -0.1) is 0 Å². The Labute approximate surface area is 129 Å². The predicted molar refractivity (Wildman–Crippen MR) is 82.1 cm³/mol. The van der Waals surface area contributed by atoms with Gasteiger partial charge in [0.05, 0.1) is 0 Å². The fourth-order valence-electron chi connectivity index (χ4n) is 2.98. The minimum Gasteiger partial charge on any atom is -0.342 e. The van der Waals surface area contributed by atoms with Crippen LogP contribution in [-0.4, -0.2) is 39.6 Å². The first kappa shape index (κ1) is 14.7. The van der Waals surface area contributed by atoms with Gasteiger partial charge in [0.1, 0.15) is 0 Å². The lowest BCUT2D eigenvalue weighted by molar-refractivity contribution is 0.0584. The molecular formula is C16H20N4O2. The Morgan fingerprint density at radius 1 is 1.36 bits per heavy atom. The minimum atomic E-state index is -0.0112. The predicted octanol–water partition coefficient (Wildman–Crippen LogP) is 2.08. The van der Waals surface area contributed by atoms with Gasteiger partial charge in [0, 0.05) is 29.8 Å². The molecule has 2 aromatic rings. The highest BCUT2D eigenvalue weighted by Crippen LogP contribution is 2.22. The lowest BCUT2D eigenvalue weighted by atomic mass is 9.96. The number of nitrogens with zero attached hydrogens (tertiary/aromatic N) is 3. The van der Waals surface area contributed by atoms with Gasteiger partial charge in [0.25, 0.3) is 5.91 Å². The SMILES string of the molecule is CC(N)C1CCCCN1C(=O)c1ccc(-c2ncon2)cc1. The lowest BCUT2D eigenvalue weighted by Gasteiger charge is -2.38. The molecule has 0 bridgehead atoms. The summed E-state index contributed by atoms with van der Waals surface area (Å²) in [6, 6.07) is 7.40. The second-order valence-electron chi connectivity index (χ2n) is 5.75. The normalized spacial score (nSPS) is 19.9. The summed E-state index contributed by atoms with van der Waals surface area (Å²) in [5.41, 5.74) is 7.53. The quantitative estimate of drug-likeness (QED) is 0.938. The number of carbonyl (C=O) groups excluding carboxylic acids is 1. The molecule has 2 N–H and O–H groups in total. The molecule has 3 rings (SSSR count). The van der Waals surface area contributed by atoms with E-state index in [2.05, 4.69) is 10.1 Å². The summed E-state index contributed by atoms with van der Waals surface area (Å²) in [7, 11) is 0. The Morgan fingerprint density at radius 3 is 2.77 bits per heavy atom. The van der Waals surface area contributed by atoms with Crippen molar-refractivity contribution < 1.29 is 9.32 Å². The van der Waals surface area contributed by atoms with Gasteiger partial charge in [-0.05, 0) is 38.3 Å². The maximum Gasteiger partial charge on any atom is 0.254 e. The van der Waals surface area contributed by atoms with Gasteiger partial charge in [-0.25, -0.2) is 0 Å². The van der Waals surface area contributed by atoms with Crippen LogP contribution in [0.4, 0.5) is 0 Å². The monoisotopic (exact) mass is 300 g/mol. The fourth-order valence-corrected chi connectivity index (χ4v) is 2.98. The number of rotatable bonds is 3. The summed E-state index contributed by atoms with van der Waals surface area (Å²) >= 11 is 0. The minimum absolute atomic E-state index is 0.0112. The molecule has 0 spiro atoms. The van der Waals surface area contributed by atoms with E-state index in [0.717, 1.165) is 31.4 Å². The van der Waals surface area contributed by atoms with E-state index in [-0.39, 0.29) is 18.0 Å². The van der Waals surface area contributed by atoms with E-state index in [1.807, 2.05) is 24.0 Å². The van der Waals surface area contributed by atoms with Gasteiger partial charge < -0.3 is 15.2 Å². The molecule has 1 aromatic heterocycles. The molecule has 2 unspecified atom stereocenters. The number of hydrogen-bond donors (Lipinski definition) is 1. The van der Waals surface area contributed by atoms with Crippen LogP contribution >= 0.6 is 0 Å². The second-order valence-corrected chi connectivity index (χ2v) is 5.75. The van der Waals surface area contributed by atoms with E-state index in [9.17, 15) is 4.79 Å². The van der Waals surface area contributed by atoms with Gasteiger partial charge in [-0.1, -0.05) is 17.3 Å². The molecule has 116 valence electrons. The Morgan fingerprint density at radius 2 is 2.14 bits per heavy atom. The first-order valence-corrected chi connectivity index (χ1v) is 7.60. The van der Waals surface area contributed by atoms with E-state index >= 15 is 0 Å². The van der Waals surface area contributed by atoms with Gasteiger partial charge in [0.15, 0.2) is 0 Å². The summed E-state index contributed by atoms with van der Waals surface area (Å²) in [5.74, 6) is 0.562. The molecule has 1 amide bonds. The maximum absolute atomic E-state index is 12.7. The molecule has 1 aliphatic rings. The summed E-state index contributed by atoms with van der Waals surface area (Å²) in [6.45, 7) is 2.74. The summed E-state index contributed by atoms with van der Waals surface area (Å²) in [4.78, 5) is 18.6. The van der Waals surface area contributed by atoms with Crippen LogP contribution in [0.25, 0.3) is 11.4 Å². The van der Waals surface area contributed by atoms with Crippen molar-refractivity contribution in [3.63, 3.8) is 0 Å². The molecular weight excluding hydrogens is 280 g/mol. The number of nitrogens with two attached hydrogens (primary N) is 1. The number of likely N-dealkylation sites (tertiary alicyclic amines) is 1. The first-order chi connectivity index (χ1) is 10.7. The standard InChI is InChI=1S/C16H20N4O2/c1-11(17)14-4-2-3-9-20(14)16(21)13-7-5-12(6-8-13)15-18-10-22-19-15/h5-8,10-11,14H,2-4,9,17H2,1H3. The average molecular weight is 300 g/mol. The third kappa shape index (κ3) is 2.87. The molecule has 0 saturated carbocycles. The lowest BCUT2D eigenvalue weighted by Crippen LogP contribution is -2.51. The van der Waals surface area contributed by atoms with Crippen molar-refractivity contribution in [1.82, 2.24) is 15.0 Å². The number of amides is 1. The molecule has 1 aromatic carbocycles. The van der Waals surface area contributed by atoms with Crippen molar-refractivity contribution in [2.45, 2.75) is 38.3 Å².